The van der Waals surface area contributed by atoms with Gasteiger partial charge in [0.25, 0.3) is 0 Å². The molecule has 0 N–H and O–H groups in total. The van der Waals surface area contributed by atoms with Crippen LogP contribution in [0, 0.1) is 0 Å². The van der Waals surface area contributed by atoms with Crippen LogP contribution in [-0.2, 0) is 0 Å². The van der Waals surface area contributed by atoms with E-state index in [0.29, 0.717) is 0 Å². The number of pyridine rings is 1. The molecule has 0 bridgehead atoms. The third-order valence-corrected chi connectivity index (χ3v) is 3.93. The smallest absolute Gasteiger partial charge is 0.114 e. The van der Waals surface area contributed by atoms with Gasteiger partial charge in [0.2, 0.25) is 0 Å². The van der Waals surface area contributed by atoms with Crippen LogP contribution in [0.15, 0.2) is 51.7 Å². The van der Waals surface area contributed by atoms with Crippen molar-refractivity contribution in [3.8, 4) is 0 Å². The van der Waals surface area contributed by atoms with Gasteiger partial charge in [0, 0.05) is 16.1 Å². The molecule has 16 heavy (non-hydrogen) atoms. The predicted molar refractivity (Wildman–Crippen MR) is 74.6 cm³/mol. The maximum Gasteiger partial charge on any atom is 0.114 e. The van der Waals surface area contributed by atoms with E-state index in [2.05, 4.69) is 55.0 Å². The summed E-state index contributed by atoms with van der Waals surface area (Å²) in [6, 6.07) is 12.5. The van der Waals surface area contributed by atoms with E-state index < -0.39 is 0 Å². The topological polar surface area (TPSA) is 12.9 Å². The summed E-state index contributed by atoms with van der Waals surface area (Å²) in [5.74, 6) is 0. The fraction of sp³-hybridized carbons (Fsp3) is 0. The van der Waals surface area contributed by atoms with Gasteiger partial charge in [0.05, 0.1) is 0 Å². The van der Waals surface area contributed by atoms with Gasteiger partial charge in [-0.1, -0.05) is 40.2 Å². The van der Waals surface area contributed by atoms with E-state index in [4.69, 9.17) is 0 Å². The van der Waals surface area contributed by atoms with E-state index in [0.717, 1.165) is 9.08 Å². The monoisotopic (exact) mass is 335 g/mol. The summed E-state index contributed by atoms with van der Waals surface area (Å²) in [7, 11) is 0. The number of rotatable bonds is 0. The van der Waals surface area contributed by atoms with Crippen LogP contribution in [0.3, 0.4) is 0 Å². The molecule has 78 valence electrons. The standard InChI is InChI=1S/C13H7Br2N/c14-11-7-8-5-6-16-13(15)12(8)10-4-2-1-3-9(10)11/h1-7H. The van der Waals surface area contributed by atoms with Crippen LogP contribution < -0.4 is 0 Å². The van der Waals surface area contributed by atoms with E-state index in [-0.39, 0.29) is 0 Å². The lowest BCUT2D eigenvalue weighted by atomic mass is 10.0. The highest BCUT2D eigenvalue weighted by Crippen LogP contribution is 2.34. The fourth-order valence-electron chi connectivity index (χ4n) is 1.96. The second-order valence-electron chi connectivity index (χ2n) is 3.60. The molecule has 0 saturated heterocycles. The molecule has 0 aliphatic heterocycles. The Morgan fingerprint density at radius 2 is 1.69 bits per heavy atom. The molecule has 0 aliphatic carbocycles. The predicted octanol–water partition coefficient (Wildman–Crippen LogP) is 4.91. The van der Waals surface area contributed by atoms with Crippen molar-refractivity contribution in [1.82, 2.24) is 4.98 Å². The Hall–Kier alpha value is -0.930. The minimum absolute atomic E-state index is 0.897. The van der Waals surface area contributed by atoms with Crippen LogP contribution in [0.2, 0.25) is 0 Å². The molecule has 0 fully saturated rings. The van der Waals surface area contributed by atoms with Crippen molar-refractivity contribution < 1.29 is 0 Å². The summed E-state index contributed by atoms with van der Waals surface area (Å²) in [6.07, 6.45) is 1.81. The number of nitrogens with zero attached hydrogens (tertiary/aromatic N) is 1. The molecule has 0 unspecified atom stereocenters. The molecule has 0 saturated carbocycles. The van der Waals surface area contributed by atoms with Crippen molar-refractivity contribution in [3.63, 3.8) is 0 Å². The first kappa shape index (κ1) is 10.2. The zero-order valence-electron chi connectivity index (χ0n) is 8.24. The summed E-state index contributed by atoms with van der Waals surface area (Å²) in [6.45, 7) is 0. The van der Waals surface area contributed by atoms with Gasteiger partial charge in [-0.2, -0.15) is 0 Å². The van der Waals surface area contributed by atoms with Crippen LogP contribution in [0.1, 0.15) is 0 Å². The highest BCUT2D eigenvalue weighted by atomic mass is 79.9. The van der Waals surface area contributed by atoms with Crippen LogP contribution in [0.25, 0.3) is 21.5 Å². The zero-order valence-corrected chi connectivity index (χ0v) is 11.4. The van der Waals surface area contributed by atoms with Gasteiger partial charge in [-0.25, -0.2) is 4.98 Å². The largest absolute Gasteiger partial charge is 0.249 e. The Balaban J connectivity index is 2.67. The summed E-state index contributed by atoms with van der Waals surface area (Å²) in [4.78, 5) is 4.29. The SMILES string of the molecule is Brc1cc2ccnc(Br)c2c2ccccc12. The second kappa shape index (κ2) is 3.82. The lowest BCUT2D eigenvalue weighted by Crippen LogP contribution is -1.83. The molecule has 2 aromatic carbocycles. The number of hydrogen-bond acceptors (Lipinski definition) is 1. The first-order valence-corrected chi connectivity index (χ1v) is 6.47. The summed E-state index contributed by atoms with van der Waals surface area (Å²) < 4.78 is 2.02. The molecular formula is C13H7Br2N. The van der Waals surface area contributed by atoms with Gasteiger partial charge in [-0.3, -0.25) is 0 Å². The van der Waals surface area contributed by atoms with E-state index in [1.165, 1.54) is 21.5 Å². The van der Waals surface area contributed by atoms with Gasteiger partial charge in [0.15, 0.2) is 0 Å². The molecule has 0 spiro atoms. The van der Waals surface area contributed by atoms with Crippen molar-refractivity contribution in [2.45, 2.75) is 0 Å². The van der Waals surface area contributed by atoms with E-state index in [1.54, 1.807) is 0 Å². The Labute approximate surface area is 110 Å². The van der Waals surface area contributed by atoms with Crippen LogP contribution in [0.4, 0.5) is 0 Å². The van der Waals surface area contributed by atoms with Crippen LogP contribution in [0.5, 0.6) is 0 Å². The van der Waals surface area contributed by atoms with E-state index in [1.807, 2.05) is 24.4 Å². The normalized spacial score (nSPS) is 11.1. The maximum absolute atomic E-state index is 4.29. The second-order valence-corrected chi connectivity index (χ2v) is 5.21. The summed E-state index contributed by atoms with van der Waals surface area (Å²) in [5, 5.41) is 4.78. The van der Waals surface area contributed by atoms with Gasteiger partial charge in [0.1, 0.15) is 4.60 Å². The Morgan fingerprint density at radius 1 is 0.938 bits per heavy atom. The van der Waals surface area contributed by atoms with Crippen molar-refractivity contribution >= 4 is 53.4 Å². The number of aromatic nitrogens is 1. The van der Waals surface area contributed by atoms with Crippen molar-refractivity contribution in [1.29, 1.82) is 0 Å². The van der Waals surface area contributed by atoms with E-state index >= 15 is 0 Å². The van der Waals surface area contributed by atoms with Crippen molar-refractivity contribution in [2.75, 3.05) is 0 Å². The Morgan fingerprint density at radius 3 is 2.50 bits per heavy atom. The summed E-state index contributed by atoms with van der Waals surface area (Å²) in [5.41, 5.74) is 0. The minimum Gasteiger partial charge on any atom is -0.249 e. The first-order chi connectivity index (χ1) is 7.77. The van der Waals surface area contributed by atoms with E-state index in [9.17, 15) is 0 Å². The van der Waals surface area contributed by atoms with Gasteiger partial charge in [-0.15, -0.1) is 0 Å². The minimum atomic E-state index is 0.897. The molecule has 3 heteroatoms. The van der Waals surface area contributed by atoms with Crippen molar-refractivity contribution in [3.05, 3.63) is 51.7 Å². The molecule has 1 nitrogen and oxygen atoms in total. The lowest BCUT2D eigenvalue weighted by Gasteiger charge is -2.07. The average Bonchev–Trinajstić information content (AvgIpc) is 2.29. The fourth-order valence-corrected chi connectivity index (χ4v) is 3.11. The van der Waals surface area contributed by atoms with Crippen LogP contribution in [-0.4, -0.2) is 4.98 Å². The first-order valence-electron chi connectivity index (χ1n) is 4.89. The average molecular weight is 337 g/mol. The number of hydrogen-bond donors (Lipinski definition) is 0. The molecule has 1 heterocycles. The quantitative estimate of drug-likeness (QED) is 0.419. The number of fused-ring (bicyclic) bond motifs is 3. The molecule has 1 aromatic heterocycles. The number of benzene rings is 2. The highest BCUT2D eigenvalue weighted by Gasteiger charge is 2.07. The molecule has 0 aliphatic rings. The lowest BCUT2D eigenvalue weighted by molar-refractivity contribution is 1.32. The molecule has 3 rings (SSSR count). The van der Waals surface area contributed by atoms with Crippen LogP contribution >= 0.6 is 31.9 Å². The zero-order chi connectivity index (χ0) is 11.1. The van der Waals surface area contributed by atoms with Gasteiger partial charge < -0.3 is 0 Å². The van der Waals surface area contributed by atoms with Crippen molar-refractivity contribution in [2.24, 2.45) is 0 Å². The molecule has 0 radical (unpaired) electrons. The third-order valence-electron chi connectivity index (χ3n) is 2.67. The molecular weight excluding hydrogens is 330 g/mol. The highest BCUT2D eigenvalue weighted by molar-refractivity contribution is 9.11. The van der Waals surface area contributed by atoms with Gasteiger partial charge >= 0.3 is 0 Å². The summed E-state index contributed by atoms with van der Waals surface area (Å²) >= 11 is 7.12. The molecule has 3 aromatic rings. The Kier molecular flexibility index (Phi) is 2.45. The third kappa shape index (κ3) is 1.46. The molecule has 0 amide bonds. The number of halogens is 2. The maximum atomic E-state index is 4.29. The van der Waals surface area contributed by atoms with Gasteiger partial charge in [-0.05, 0) is 44.2 Å². The molecule has 0 atom stereocenters. The Bertz CT molecular complexity index is 692.